The highest BCUT2D eigenvalue weighted by Gasteiger charge is 2.29. The Kier molecular flexibility index (Phi) is 2.03. The van der Waals surface area contributed by atoms with E-state index in [9.17, 15) is 4.79 Å². The van der Waals surface area contributed by atoms with Crippen LogP contribution in [0.15, 0.2) is 12.3 Å². The van der Waals surface area contributed by atoms with Crippen LogP contribution in [-0.4, -0.2) is 17.9 Å². The Bertz CT molecular complexity index is 178. The van der Waals surface area contributed by atoms with Gasteiger partial charge in [0.1, 0.15) is 0 Å². The van der Waals surface area contributed by atoms with Crippen LogP contribution in [0, 0.1) is 11.8 Å². The number of amides is 1. The molecule has 1 amide bonds. The quantitative estimate of drug-likeness (QED) is 0.518. The summed E-state index contributed by atoms with van der Waals surface area (Å²) in [7, 11) is 1.80. The van der Waals surface area contributed by atoms with Gasteiger partial charge in [-0.3, -0.25) is 4.79 Å². The number of nitrogens with zero attached hydrogens (tertiary/aromatic N) is 1. The van der Waals surface area contributed by atoms with Crippen molar-refractivity contribution in [3.63, 3.8) is 0 Å². The Morgan fingerprint density at radius 2 is 2.00 bits per heavy atom. The number of hydrogen-bond donors (Lipinski definition) is 0. The molecule has 0 saturated carbocycles. The van der Waals surface area contributed by atoms with Crippen LogP contribution in [0.3, 0.4) is 0 Å². The van der Waals surface area contributed by atoms with E-state index in [1.807, 2.05) is 6.92 Å². The van der Waals surface area contributed by atoms with Crippen molar-refractivity contribution >= 4 is 5.91 Å². The molecule has 2 heteroatoms. The van der Waals surface area contributed by atoms with Gasteiger partial charge in [-0.2, -0.15) is 0 Å². The maximum Gasteiger partial charge on any atom is 0.229 e. The minimum atomic E-state index is 0.167. The number of allylic oxidation sites excluding steroid dienone is 1. The summed E-state index contributed by atoms with van der Waals surface area (Å²) in [6.45, 7) is 7.95. The average molecular weight is 153 g/mol. The minimum Gasteiger partial charge on any atom is -0.319 e. The Morgan fingerprint density at radius 3 is 2.55 bits per heavy atom. The lowest BCUT2D eigenvalue weighted by Crippen LogP contribution is -2.38. The number of carbonyl (C=O) groups is 1. The first-order chi connectivity index (χ1) is 5.04. The second-order valence-electron chi connectivity index (χ2n) is 3.43. The van der Waals surface area contributed by atoms with Gasteiger partial charge in [0.15, 0.2) is 0 Å². The smallest absolute Gasteiger partial charge is 0.229 e. The summed E-state index contributed by atoms with van der Waals surface area (Å²) in [5, 5.41) is 0. The Morgan fingerprint density at radius 1 is 1.45 bits per heavy atom. The van der Waals surface area contributed by atoms with Crippen molar-refractivity contribution < 1.29 is 4.79 Å². The van der Waals surface area contributed by atoms with Crippen LogP contribution in [0.2, 0.25) is 0 Å². The molecule has 1 saturated heterocycles. The third kappa shape index (κ3) is 1.30. The van der Waals surface area contributed by atoms with Crippen LogP contribution in [-0.2, 0) is 4.79 Å². The molecule has 0 aromatic rings. The molecule has 1 fully saturated rings. The normalized spacial score (nSPS) is 32.8. The SMILES string of the molecule is C=C1C(C)CC(C)C(=O)N1C. The van der Waals surface area contributed by atoms with Gasteiger partial charge in [-0.05, 0) is 12.3 Å². The zero-order valence-electron chi connectivity index (χ0n) is 7.42. The summed E-state index contributed by atoms with van der Waals surface area (Å²) < 4.78 is 0. The zero-order valence-corrected chi connectivity index (χ0v) is 7.42. The summed E-state index contributed by atoms with van der Waals surface area (Å²) in [6.07, 6.45) is 0.946. The molecule has 0 aromatic heterocycles. The highest BCUT2D eigenvalue weighted by molar-refractivity contribution is 5.81. The molecule has 0 aliphatic carbocycles. The zero-order chi connectivity index (χ0) is 8.59. The van der Waals surface area contributed by atoms with Crippen molar-refractivity contribution in [1.29, 1.82) is 0 Å². The van der Waals surface area contributed by atoms with E-state index in [1.54, 1.807) is 11.9 Å². The van der Waals surface area contributed by atoms with Crippen LogP contribution < -0.4 is 0 Å². The largest absolute Gasteiger partial charge is 0.319 e. The van der Waals surface area contributed by atoms with Crippen LogP contribution in [0.5, 0.6) is 0 Å². The van der Waals surface area contributed by atoms with E-state index in [2.05, 4.69) is 13.5 Å². The third-order valence-corrected chi connectivity index (χ3v) is 2.46. The number of carbonyl (C=O) groups excluding carboxylic acids is 1. The summed E-state index contributed by atoms with van der Waals surface area (Å²) in [5.74, 6) is 0.821. The molecule has 1 heterocycles. The van der Waals surface area contributed by atoms with Gasteiger partial charge in [-0.15, -0.1) is 0 Å². The second kappa shape index (κ2) is 2.68. The Labute approximate surface area is 67.9 Å². The van der Waals surface area contributed by atoms with Crippen molar-refractivity contribution in [2.45, 2.75) is 20.3 Å². The number of rotatable bonds is 0. The van der Waals surface area contributed by atoms with Gasteiger partial charge in [0.25, 0.3) is 0 Å². The topological polar surface area (TPSA) is 20.3 Å². The molecular formula is C9H15NO. The molecule has 0 bridgehead atoms. The van der Waals surface area contributed by atoms with E-state index < -0.39 is 0 Å². The number of likely N-dealkylation sites (tertiary alicyclic amines) is 1. The van der Waals surface area contributed by atoms with E-state index in [0.29, 0.717) is 5.92 Å². The van der Waals surface area contributed by atoms with Crippen LogP contribution >= 0.6 is 0 Å². The first kappa shape index (κ1) is 8.31. The summed E-state index contributed by atoms with van der Waals surface area (Å²) in [4.78, 5) is 13.0. The molecule has 2 nitrogen and oxygen atoms in total. The monoisotopic (exact) mass is 153 g/mol. The van der Waals surface area contributed by atoms with E-state index >= 15 is 0 Å². The predicted molar refractivity (Wildman–Crippen MR) is 44.9 cm³/mol. The van der Waals surface area contributed by atoms with Crippen molar-refractivity contribution in [1.82, 2.24) is 4.90 Å². The lowest BCUT2D eigenvalue weighted by molar-refractivity contribution is -0.134. The third-order valence-electron chi connectivity index (χ3n) is 2.46. The molecule has 0 N–H and O–H groups in total. The molecule has 1 rings (SSSR count). The summed E-state index contributed by atoms with van der Waals surface area (Å²) in [5.41, 5.74) is 0.952. The molecule has 11 heavy (non-hydrogen) atoms. The highest BCUT2D eigenvalue weighted by atomic mass is 16.2. The van der Waals surface area contributed by atoms with Crippen molar-refractivity contribution in [3.8, 4) is 0 Å². The van der Waals surface area contributed by atoms with Crippen LogP contribution in [0.1, 0.15) is 20.3 Å². The molecule has 2 unspecified atom stereocenters. The van der Waals surface area contributed by atoms with E-state index in [4.69, 9.17) is 0 Å². The van der Waals surface area contributed by atoms with Crippen molar-refractivity contribution in [2.24, 2.45) is 11.8 Å². The highest BCUT2D eigenvalue weighted by Crippen LogP contribution is 2.28. The maximum atomic E-state index is 11.3. The number of piperidine rings is 1. The van der Waals surface area contributed by atoms with E-state index in [1.165, 1.54) is 0 Å². The minimum absolute atomic E-state index is 0.167. The second-order valence-corrected chi connectivity index (χ2v) is 3.43. The predicted octanol–water partition coefficient (Wildman–Crippen LogP) is 1.63. The van der Waals surface area contributed by atoms with E-state index in [0.717, 1.165) is 12.1 Å². The summed E-state index contributed by atoms with van der Waals surface area (Å²) >= 11 is 0. The fourth-order valence-corrected chi connectivity index (χ4v) is 1.57. The maximum absolute atomic E-state index is 11.3. The van der Waals surface area contributed by atoms with Crippen molar-refractivity contribution in [3.05, 3.63) is 12.3 Å². The molecule has 2 atom stereocenters. The Balaban J connectivity index is 2.79. The Hall–Kier alpha value is -0.790. The lowest BCUT2D eigenvalue weighted by Gasteiger charge is -2.33. The van der Waals surface area contributed by atoms with Gasteiger partial charge >= 0.3 is 0 Å². The molecule has 0 aromatic carbocycles. The molecule has 0 radical (unpaired) electrons. The molecule has 1 aliphatic rings. The molecule has 0 spiro atoms. The first-order valence-electron chi connectivity index (χ1n) is 4.00. The van der Waals surface area contributed by atoms with Crippen molar-refractivity contribution in [2.75, 3.05) is 7.05 Å². The molecule has 62 valence electrons. The van der Waals surface area contributed by atoms with Gasteiger partial charge in [-0.1, -0.05) is 20.4 Å². The van der Waals surface area contributed by atoms with Gasteiger partial charge < -0.3 is 4.90 Å². The van der Waals surface area contributed by atoms with Gasteiger partial charge in [0.05, 0.1) is 0 Å². The fraction of sp³-hybridized carbons (Fsp3) is 0.667. The molecular weight excluding hydrogens is 138 g/mol. The summed E-state index contributed by atoms with van der Waals surface area (Å²) in [6, 6.07) is 0. The first-order valence-corrected chi connectivity index (χ1v) is 4.00. The standard InChI is InChI=1S/C9H15NO/c1-6-5-7(2)9(11)10(4)8(6)3/h6-7H,3,5H2,1-2,4H3. The average Bonchev–Trinajstić information content (AvgIpc) is 1.97. The van der Waals surface area contributed by atoms with Crippen LogP contribution in [0.25, 0.3) is 0 Å². The van der Waals surface area contributed by atoms with Gasteiger partial charge in [-0.25, -0.2) is 0 Å². The van der Waals surface area contributed by atoms with E-state index in [-0.39, 0.29) is 11.8 Å². The van der Waals surface area contributed by atoms with Gasteiger partial charge in [0, 0.05) is 18.7 Å². The number of hydrogen-bond acceptors (Lipinski definition) is 1. The van der Waals surface area contributed by atoms with Gasteiger partial charge in [0.2, 0.25) is 5.91 Å². The molecule has 1 aliphatic heterocycles. The van der Waals surface area contributed by atoms with Crippen LogP contribution in [0.4, 0.5) is 0 Å². The fourth-order valence-electron chi connectivity index (χ4n) is 1.57. The lowest BCUT2D eigenvalue weighted by atomic mass is 9.89.